The first-order valence-electron chi connectivity index (χ1n) is 4.93. The van der Waals surface area contributed by atoms with Gasteiger partial charge in [-0.15, -0.1) is 0 Å². The molecular weight excluding hydrogens is 192 g/mol. The molecule has 0 unspecified atom stereocenters. The Morgan fingerprint density at radius 2 is 2.07 bits per heavy atom. The van der Waals surface area contributed by atoms with Crippen LogP contribution in [-0.2, 0) is 6.42 Å². The van der Waals surface area contributed by atoms with Crippen molar-refractivity contribution in [2.75, 3.05) is 19.6 Å². The lowest BCUT2D eigenvalue weighted by Crippen LogP contribution is -2.29. The van der Waals surface area contributed by atoms with Crippen LogP contribution in [0.3, 0.4) is 0 Å². The molecule has 1 heterocycles. The highest BCUT2D eigenvalue weighted by atomic mass is 32.1. The minimum absolute atomic E-state index is 0.904. The molecule has 74 valence electrons. The van der Waals surface area contributed by atoms with Crippen molar-refractivity contribution in [1.82, 2.24) is 10.2 Å². The Morgan fingerprint density at radius 3 is 2.71 bits per heavy atom. The summed E-state index contributed by atoms with van der Waals surface area (Å²) in [5, 5.41) is 4.07. The predicted molar refractivity (Wildman–Crippen MR) is 62.3 cm³/mol. The van der Waals surface area contributed by atoms with E-state index in [4.69, 9.17) is 12.2 Å². The van der Waals surface area contributed by atoms with Gasteiger partial charge in [0.1, 0.15) is 0 Å². The Balaban J connectivity index is 1.85. The van der Waals surface area contributed by atoms with Crippen LogP contribution in [0, 0.1) is 0 Å². The summed E-state index contributed by atoms with van der Waals surface area (Å²) in [5.74, 6) is 0. The van der Waals surface area contributed by atoms with Gasteiger partial charge in [0.25, 0.3) is 0 Å². The van der Waals surface area contributed by atoms with E-state index in [1.165, 1.54) is 5.56 Å². The van der Waals surface area contributed by atoms with E-state index in [-0.39, 0.29) is 0 Å². The lowest BCUT2D eigenvalue weighted by Gasteiger charge is -2.15. The van der Waals surface area contributed by atoms with Crippen LogP contribution in [0.25, 0.3) is 0 Å². The van der Waals surface area contributed by atoms with E-state index in [0.717, 1.165) is 31.2 Å². The van der Waals surface area contributed by atoms with Gasteiger partial charge in [-0.1, -0.05) is 30.3 Å². The third-order valence-corrected chi connectivity index (χ3v) is 2.86. The summed E-state index contributed by atoms with van der Waals surface area (Å²) in [4.78, 5) is 2.22. The fourth-order valence-electron chi connectivity index (χ4n) is 1.63. The van der Waals surface area contributed by atoms with Crippen LogP contribution in [0.2, 0.25) is 0 Å². The largest absolute Gasteiger partial charge is 0.361 e. The van der Waals surface area contributed by atoms with Crippen LogP contribution >= 0.6 is 12.2 Å². The maximum atomic E-state index is 5.17. The Kier molecular flexibility index (Phi) is 2.99. The molecule has 0 bridgehead atoms. The summed E-state index contributed by atoms with van der Waals surface area (Å²) in [7, 11) is 0. The molecule has 1 fully saturated rings. The zero-order valence-electron chi connectivity index (χ0n) is 8.07. The third-order valence-electron chi connectivity index (χ3n) is 2.46. The smallest absolute Gasteiger partial charge is 0.169 e. The fraction of sp³-hybridized carbons (Fsp3) is 0.364. The molecule has 1 aromatic rings. The molecule has 14 heavy (non-hydrogen) atoms. The number of thiocarbonyl (C=S) groups is 1. The standard InChI is InChI=1S/C11H14N2S/c14-11-12-7-9-13(11)8-6-10-4-2-1-3-5-10/h1-5H,6-9H2,(H,12,14). The minimum Gasteiger partial charge on any atom is -0.361 e. The van der Waals surface area contributed by atoms with Crippen LogP contribution in [-0.4, -0.2) is 29.6 Å². The summed E-state index contributed by atoms with van der Waals surface area (Å²) in [6.07, 6.45) is 1.07. The minimum atomic E-state index is 0.904. The molecule has 0 saturated carbocycles. The van der Waals surface area contributed by atoms with E-state index < -0.39 is 0 Å². The van der Waals surface area contributed by atoms with Gasteiger partial charge in [-0.2, -0.15) is 0 Å². The van der Waals surface area contributed by atoms with Crippen LogP contribution in [0.5, 0.6) is 0 Å². The van der Waals surface area contributed by atoms with Crippen LogP contribution in [0.15, 0.2) is 30.3 Å². The summed E-state index contributed by atoms with van der Waals surface area (Å²) in [5.41, 5.74) is 1.38. The molecule has 3 heteroatoms. The van der Waals surface area contributed by atoms with E-state index in [1.807, 2.05) is 6.07 Å². The molecule has 2 nitrogen and oxygen atoms in total. The average Bonchev–Trinajstić information content (AvgIpc) is 2.63. The lowest BCUT2D eigenvalue weighted by atomic mass is 10.1. The number of rotatable bonds is 3. The maximum Gasteiger partial charge on any atom is 0.169 e. The highest BCUT2D eigenvalue weighted by Crippen LogP contribution is 2.03. The fourth-order valence-corrected chi connectivity index (χ4v) is 1.92. The van der Waals surface area contributed by atoms with Gasteiger partial charge in [0.15, 0.2) is 5.11 Å². The van der Waals surface area contributed by atoms with Gasteiger partial charge in [0, 0.05) is 19.6 Å². The molecular formula is C11H14N2S. The van der Waals surface area contributed by atoms with Gasteiger partial charge in [-0.05, 0) is 24.2 Å². The van der Waals surface area contributed by atoms with Crippen LogP contribution < -0.4 is 5.32 Å². The molecule has 1 N–H and O–H groups in total. The molecule has 1 saturated heterocycles. The number of hydrogen-bond donors (Lipinski definition) is 1. The Hall–Kier alpha value is -1.09. The molecule has 0 aliphatic carbocycles. The highest BCUT2D eigenvalue weighted by molar-refractivity contribution is 7.80. The highest BCUT2D eigenvalue weighted by Gasteiger charge is 2.14. The summed E-state index contributed by atoms with van der Waals surface area (Å²) in [6, 6.07) is 10.5. The average molecular weight is 206 g/mol. The van der Waals surface area contributed by atoms with Crippen molar-refractivity contribution in [2.45, 2.75) is 6.42 Å². The quantitative estimate of drug-likeness (QED) is 0.753. The molecule has 0 aromatic heterocycles. The zero-order chi connectivity index (χ0) is 9.80. The second-order valence-electron chi connectivity index (χ2n) is 3.45. The summed E-state index contributed by atoms with van der Waals surface area (Å²) in [6.45, 7) is 3.06. The molecule has 1 aromatic carbocycles. The molecule has 0 radical (unpaired) electrons. The van der Waals surface area contributed by atoms with Crippen molar-refractivity contribution in [3.63, 3.8) is 0 Å². The summed E-state index contributed by atoms with van der Waals surface area (Å²) < 4.78 is 0. The molecule has 1 aliphatic rings. The number of nitrogens with one attached hydrogen (secondary N) is 1. The first-order valence-corrected chi connectivity index (χ1v) is 5.34. The van der Waals surface area contributed by atoms with Crippen LogP contribution in [0.4, 0.5) is 0 Å². The van der Waals surface area contributed by atoms with E-state index in [9.17, 15) is 0 Å². The van der Waals surface area contributed by atoms with E-state index in [0.29, 0.717) is 0 Å². The second-order valence-corrected chi connectivity index (χ2v) is 3.84. The van der Waals surface area contributed by atoms with Crippen molar-refractivity contribution in [2.24, 2.45) is 0 Å². The van der Waals surface area contributed by atoms with Gasteiger partial charge in [0.2, 0.25) is 0 Å². The Morgan fingerprint density at radius 1 is 1.29 bits per heavy atom. The zero-order valence-corrected chi connectivity index (χ0v) is 8.89. The second kappa shape index (κ2) is 4.42. The van der Waals surface area contributed by atoms with Crippen molar-refractivity contribution >= 4 is 17.3 Å². The van der Waals surface area contributed by atoms with Crippen molar-refractivity contribution in [3.05, 3.63) is 35.9 Å². The normalized spacial score (nSPS) is 15.7. The first-order chi connectivity index (χ1) is 6.86. The third kappa shape index (κ3) is 2.23. The number of hydrogen-bond acceptors (Lipinski definition) is 1. The number of benzene rings is 1. The van der Waals surface area contributed by atoms with Crippen molar-refractivity contribution in [1.29, 1.82) is 0 Å². The van der Waals surface area contributed by atoms with Crippen molar-refractivity contribution in [3.8, 4) is 0 Å². The Bertz CT molecular complexity index is 310. The summed E-state index contributed by atoms with van der Waals surface area (Å²) >= 11 is 5.17. The van der Waals surface area contributed by atoms with E-state index in [1.54, 1.807) is 0 Å². The molecule has 2 rings (SSSR count). The topological polar surface area (TPSA) is 15.3 Å². The first kappa shape index (κ1) is 9.46. The van der Waals surface area contributed by atoms with Gasteiger partial charge < -0.3 is 10.2 Å². The molecule has 0 spiro atoms. The van der Waals surface area contributed by atoms with E-state index >= 15 is 0 Å². The van der Waals surface area contributed by atoms with Gasteiger partial charge >= 0.3 is 0 Å². The van der Waals surface area contributed by atoms with Gasteiger partial charge in [-0.3, -0.25) is 0 Å². The van der Waals surface area contributed by atoms with Gasteiger partial charge in [0.05, 0.1) is 0 Å². The Labute approximate surface area is 89.9 Å². The predicted octanol–water partition coefficient (Wildman–Crippen LogP) is 1.42. The molecule has 1 aliphatic heterocycles. The maximum absolute atomic E-state index is 5.17. The number of nitrogens with zero attached hydrogens (tertiary/aromatic N) is 1. The molecule has 0 amide bonds. The lowest BCUT2D eigenvalue weighted by molar-refractivity contribution is 0.472. The van der Waals surface area contributed by atoms with E-state index in [2.05, 4.69) is 34.5 Å². The van der Waals surface area contributed by atoms with Crippen molar-refractivity contribution < 1.29 is 0 Å². The monoisotopic (exact) mass is 206 g/mol. The SMILES string of the molecule is S=C1NCCN1CCc1ccccc1. The molecule has 0 atom stereocenters. The van der Waals surface area contributed by atoms with Crippen LogP contribution in [0.1, 0.15) is 5.56 Å². The van der Waals surface area contributed by atoms with Gasteiger partial charge in [-0.25, -0.2) is 0 Å².